The fourth-order valence-electron chi connectivity index (χ4n) is 6.03. The van der Waals surface area contributed by atoms with E-state index >= 15 is 0 Å². The average Bonchev–Trinajstić information content (AvgIpc) is 3.14. The predicted octanol–water partition coefficient (Wildman–Crippen LogP) is 4.17. The molecule has 0 aromatic heterocycles. The van der Waals surface area contributed by atoms with Crippen LogP contribution in [0.15, 0.2) is 121 Å². The molecule has 0 spiro atoms. The molecule has 4 aromatic carbocycles. The summed E-state index contributed by atoms with van der Waals surface area (Å²) in [6.45, 7) is 0.474. The Bertz CT molecular complexity index is 1370. The van der Waals surface area contributed by atoms with Gasteiger partial charge < -0.3 is 30.3 Å². The van der Waals surface area contributed by atoms with Crippen LogP contribution in [0.4, 0.5) is 0 Å². The summed E-state index contributed by atoms with van der Waals surface area (Å²) in [5.41, 5.74) is 3.94. The monoisotopic (exact) mass is 652 g/mol. The van der Waals surface area contributed by atoms with Crippen LogP contribution in [0.5, 0.6) is 0 Å². The van der Waals surface area contributed by atoms with Crippen molar-refractivity contribution in [2.24, 2.45) is 11.8 Å². The molecular formula is C40H48N2O6. The molecule has 8 heteroatoms. The second-order valence-electron chi connectivity index (χ2n) is 12.2. The Kier molecular flexibility index (Phi) is 14.8. The highest BCUT2D eigenvalue weighted by atomic mass is 16.5. The van der Waals surface area contributed by atoms with Crippen LogP contribution in [0.3, 0.4) is 0 Å². The number of carbonyl (C=O) groups is 2. The number of aliphatic hydroxyl groups is 2. The molecule has 0 bridgehead atoms. The second-order valence-corrected chi connectivity index (χ2v) is 12.2. The van der Waals surface area contributed by atoms with Crippen molar-refractivity contribution < 1.29 is 29.3 Å². The maximum atomic E-state index is 12.8. The number of esters is 2. The lowest BCUT2D eigenvalue weighted by atomic mass is 9.90. The minimum atomic E-state index is -1.23. The number of nitrogens with one attached hydrogen (secondary N) is 2. The van der Waals surface area contributed by atoms with Crippen molar-refractivity contribution in [3.05, 3.63) is 144 Å². The van der Waals surface area contributed by atoms with Gasteiger partial charge in [0.2, 0.25) is 0 Å². The van der Waals surface area contributed by atoms with Crippen LogP contribution < -0.4 is 10.6 Å². The van der Waals surface area contributed by atoms with Crippen molar-refractivity contribution in [2.45, 2.75) is 50.0 Å². The molecule has 0 aliphatic carbocycles. The molecule has 0 amide bonds. The minimum absolute atomic E-state index is 0.237. The van der Waals surface area contributed by atoms with Gasteiger partial charge >= 0.3 is 11.9 Å². The van der Waals surface area contributed by atoms with Gasteiger partial charge in [-0.15, -0.1) is 0 Å². The first-order valence-corrected chi connectivity index (χ1v) is 16.5. The fraction of sp³-hybridized carbons (Fsp3) is 0.350. The summed E-state index contributed by atoms with van der Waals surface area (Å²) >= 11 is 0. The topological polar surface area (TPSA) is 117 Å². The first-order chi connectivity index (χ1) is 23.4. The fourth-order valence-corrected chi connectivity index (χ4v) is 6.03. The number of carbonyl (C=O) groups excluding carboxylic acids is 2. The van der Waals surface area contributed by atoms with E-state index in [2.05, 4.69) is 10.6 Å². The maximum absolute atomic E-state index is 12.8. The zero-order valence-corrected chi connectivity index (χ0v) is 27.8. The highest BCUT2D eigenvalue weighted by Gasteiger charge is 2.34. The molecule has 254 valence electrons. The molecule has 6 unspecified atom stereocenters. The van der Waals surface area contributed by atoms with Crippen molar-refractivity contribution in [3.63, 3.8) is 0 Å². The SMILES string of the molecule is COC(=O)C(CNC(Cc1ccccc1)C(O)C(O)C(Cc1ccccc1)NCC(Cc1ccccc1)C(=O)OC)Cc1ccccc1. The largest absolute Gasteiger partial charge is 0.469 e. The van der Waals surface area contributed by atoms with Gasteiger partial charge in [-0.05, 0) is 47.9 Å². The Morgan fingerprint density at radius 2 is 0.771 bits per heavy atom. The van der Waals surface area contributed by atoms with Gasteiger partial charge in [-0.1, -0.05) is 121 Å². The van der Waals surface area contributed by atoms with Gasteiger partial charge in [0.05, 0.1) is 38.3 Å². The van der Waals surface area contributed by atoms with E-state index in [1.54, 1.807) is 0 Å². The van der Waals surface area contributed by atoms with E-state index in [4.69, 9.17) is 9.47 Å². The molecule has 4 rings (SSSR count). The van der Waals surface area contributed by atoms with E-state index in [1.807, 2.05) is 121 Å². The van der Waals surface area contributed by atoms with Gasteiger partial charge in [-0.2, -0.15) is 0 Å². The summed E-state index contributed by atoms with van der Waals surface area (Å²) < 4.78 is 10.3. The van der Waals surface area contributed by atoms with Crippen LogP contribution in [0.25, 0.3) is 0 Å². The maximum Gasteiger partial charge on any atom is 0.310 e. The highest BCUT2D eigenvalue weighted by molar-refractivity contribution is 5.73. The van der Waals surface area contributed by atoms with Crippen molar-refractivity contribution in [3.8, 4) is 0 Å². The molecular weight excluding hydrogens is 604 g/mol. The smallest absolute Gasteiger partial charge is 0.310 e. The van der Waals surface area contributed by atoms with Crippen LogP contribution in [-0.2, 0) is 44.7 Å². The number of hydrogen-bond acceptors (Lipinski definition) is 8. The number of ether oxygens (including phenoxy) is 2. The van der Waals surface area contributed by atoms with Gasteiger partial charge in [0.15, 0.2) is 0 Å². The lowest BCUT2D eigenvalue weighted by Crippen LogP contribution is -2.57. The van der Waals surface area contributed by atoms with E-state index in [0.29, 0.717) is 25.7 Å². The van der Waals surface area contributed by atoms with Gasteiger partial charge in [-0.3, -0.25) is 9.59 Å². The van der Waals surface area contributed by atoms with Gasteiger partial charge in [0, 0.05) is 25.2 Å². The number of benzene rings is 4. The van der Waals surface area contributed by atoms with E-state index in [9.17, 15) is 19.8 Å². The highest BCUT2D eigenvalue weighted by Crippen LogP contribution is 2.18. The van der Waals surface area contributed by atoms with Crippen molar-refractivity contribution in [2.75, 3.05) is 27.3 Å². The van der Waals surface area contributed by atoms with Crippen LogP contribution in [-0.4, -0.2) is 73.8 Å². The quantitative estimate of drug-likeness (QED) is 0.112. The van der Waals surface area contributed by atoms with Gasteiger partial charge in [-0.25, -0.2) is 0 Å². The van der Waals surface area contributed by atoms with E-state index in [1.165, 1.54) is 14.2 Å². The second kappa shape index (κ2) is 19.5. The van der Waals surface area contributed by atoms with E-state index < -0.39 is 36.1 Å². The standard InChI is InChI=1S/C40H48N2O6/c1-47-39(45)33(23-29-15-7-3-8-16-29)27-41-35(25-31-19-11-5-12-20-31)37(43)38(44)36(26-32-21-13-6-14-22-32)42-28-34(40(46)48-2)24-30-17-9-4-10-18-30/h3-22,33-38,41-44H,23-28H2,1-2H3. The lowest BCUT2D eigenvalue weighted by Gasteiger charge is -2.34. The number of rotatable bonds is 19. The summed E-state index contributed by atoms with van der Waals surface area (Å²) in [5, 5.41) is 30.6. The lowest BCUT2D eigenvalue weighted by molar-refractivity contribution is -0.146. The molecule has 0 saturated heterocycles. The summed E-state index contributed by atoms with van der Waals surface area (Å²) in [4.78, 5) is 25.7. The molecule has 0 fully saturated rings. The first-order valence-electron chi connectivity index (χ1n) is 16.5. The van der Waals surface area contributed by atoms with Crippen molar-refractivity contribution in [1.29, 1.82) is 0 Å². The molecule has 0 radical (unpaired) electrons. The van der Waals surface area contributed by atoms with Gasteiger partial charge in [0.25, 0.3) is 0 Å². The van der Waals surface area contributed by atoms with Crippen molar-refractivity contribution >= 4 is 11.9 Å². The molecule has 8 nitrogen and oxygen atoms in total. The normalized spacial score (nSPS) is 15.0. The molecule has 0 saturated carbocycles. The van der Waals surface area contributed by atoms with Crippen LogP contribution in [0.2, 0.25) is 0 Å². The first kappa shape index (κ1) is 36.5. The average molecular weight is 653 g/mol. The van der Waals surface area contributed by atoms with Crippen LogP contribution in [0, 0.1) is 11.8 Å². The summed E-state index contributed by atoms with van der Waals surface area (Å²) in [7, 11) is 2.75. The van der Waals surface area contributed by atoms with Gasteiger partial charge in [0.1, 0.15) is 0 Å². The zero-order valence-electron chi connectivity index (χ0n) is 27.8. The summed E-state index contributed by atoms with van der Waals surface area (Å²) in [5.74, 6) is -1.71. The van der Waals surface area contributed by atoms with E-state index in [-0.39, 0.29) is 25.0 Å². The molecule has 0 aliphatic heterocycles. The third-order valence-corrected chi connectivity index (χ3v) is 8.74. The number of methoxy groups -OCH3 is 2. The Hall–Kier alpha value is -4.34. The Morgan fingerprint density at radius 3 is 1.04 bits per heavy atom. The number of aliphatic hydroxyl groups excluding tert-OH is 2. The third-order valence-electron chi connectivity index (χ3n) is 8.74. The van der Waals surface area contributed by atoms with Crippen molar-refractivity contribution in [1.82, 2.24) is 10.6 Å². The molecule has 48 heavy (non-hydrogen) atoms. The van der Waals surface area contributed by atoms with Crippen LogP contribution in [0.1, 0.15) is 22.3 Å². The predicted molar refractivity (Wildman–Crippen MR) is 187 cm³/mol. The Balaban J connectivity index is 1.56. The molecule has 6 atom stereocenters. The Labute approximate surface area is 284 Å². The molecule has 4 aromatic rings. The summed E-state index contributed by atoms with van der Waals surface area (Å²) in [6, 6.07) is 37.7. The Morgan fingerprint density at radius 1 is 0.500 bits per heavy atom. The zero-order chi connectivity index (χ0) is 34.1. The third kappa shape index (κ3) is 11.4. The van der Waals surface area contributed by atoms with Crippen LogP contribution >= 0.6 is 0 Å². The molecule has 0 aliphatic rings. The minimum Gasteiger partial charge on any atom is -0.469 e. The number of hydrogen-bond donors (Lipinski definition) is 4. The van der Waals surface area contributed by atoms with E-state index in [0.717, 1.165) is 22.3 Å². The molecule has 4 N–H and O–H groups in total. The molecule has 0 heterocycles. The summed E-state index contributed by atoms with van der Waals surface area (Å²) in [6.07, 6.45) is -0.707.